The van der Waals surface area contributed by atoms with Gasteiger partial charge in [-0.2, -0.15) is 12.6 Å². The summed E-state index contributed by atoms with van der Waals surface area (Å²) >= 11 is 5.78. The zero-order valence-electron chi connectivity index (χ0n) is 6.90. The Bertz CT molecular complexity index is 399. The highest BCUT2D eigenvalue weighted by molar-refractivity contribution is 7.80. The SMILES string of the molecule is SCCNc1ncnc2ccsc12. The smallest absolute Gasteiger partial charge is 0.147 e. The molecule has 0 saturated heterocycles. The Morgan fingerprint density at radius 1 is 1.46 bits per heavy atom. The summed E-state index contributed by atoms with van der Waals surface area (Å²) in [6.45, 7) is 0.827. The van der Waals surface area contributed by atoms with Gasteiger partial charge in [0.25, 0.3) is 0 Å². The van der Waals surface area contributed by atoms with E-state index in [0.717, 1.165) is 28.3 Å². The van der Waals surface area contributed by atoms with Crippen molar-refractivity contribution in [3.05, 3.63) is 17.8 Å². The normalized spacial score (nSPS) is 10.5. The Balaban J connectivity index is 2.37. The van der Waals surface area contributed by atoms with Gasteiger partial charge in [0, 0.05) is 12.3 Å². The number of nitrogens with zero attached hydrogens (tertiary/aromatic N) is 2. The summed E-state index contributed by atoms with van der Waals surface area (Å²) in [5, 5.41) is 5.23. The molecule has 0 radical (unpaired) electrons. The topological polar surface area (TPSA) is 37.8 Å². The van der Waals surface area contributed by atoms with E-state index in [1.54, 1.807) is 17.7 Å². The van der Waals surface area contributed by atoms with Crippen molar-refractivity contribution in [2.45, 2.75) is 0 Å². The van der Waals surface area contributed by atoms with Crippen LogP contribution in [0.2, 0.25) is 0 Å². The largest absolute Gasteiger partial charge is 0.368 e. The first-order chi connectivity index (χ1) is 6.42. The van der Waals surface area contributed by atoms with Gasteiger partial charge in [-0.1, -0.05) is 0 Å². The molecule has 2 aromatic heterocycles. The third-order valence-electron chi connectivity index (χ3n) is 1.65. The Labute approximate surface area is 85.6 Å². The zero-order valence-corrected chi connectivity index (χ0v) is 8.61. The van der Waals surface area contributed by atoms with Crippen LogP contribution in [0.3, 0.4) is 0 Å². The highest BCUT2D eigenvalue weighted by Crippen LogP contribution is 2.24. The molecule has 0 amide bonds. The minimum atomic E-state index is 0.802. The van der Waals surface area contributed by atoms with Crippen molar-refractivity contribution in [2.24, 2.45) is 0 Å². The Morgan fingerprint density at radius 3 is 3.23 bits per heavy atom. The molecule has 0 aliphatic carbocycles. The van der Waals surface area contributed by atoms with Gasteiger partial charge in [-0.25, -0.2) is 9.97 Å². The minimum Gasteiger partial charge on any atom is -0.368 e. The van der Waals surface area contributed by atoms with Crippen molar-refractivity contribution < 1.29 is 0 Å². The van der Waals surface area contributed by atoms with Crippen molar-refractivity contribution in [3.63, 3.8) is 0 Å². The van der Waals surface area contributed by atoms with E-state index in [1.807, 2.05) is 11.4 Å². The minimum absolute atomic E-state index is 0.802. The predicted molar refractivity (Wildman–Crippen MR) is 59.8 cm³/mol. The molecule has 2 aromatic rings. The fourth-order valence-corrected chi connectivity index (χ4v) is 2.01. The number of hydrogen-bond acceptors (Lipinski definition) is 5. The lowest BCUT2D eigenvalue weighted by Gasteiger charge is -2.02. The summed E-state index contributed by atoms with van der Waals surface area (Å²) in [5.41, 5.74) is 1.00. The maximum atomic E-state index is 4.17. The average molecular weight is 211 g/mol. The molecule has 0 saturated carbocycles. The van der Waals surface area contributed by atoms with Crippen molar-refractivity contribution in [1.82, 2.24) is 9.97 Å². The number of thiol groups is 1. The average Bonchev–Trinajstić information content (AvgIpc) is 2.62. The summed E-state index contributed by atoms with van der Waals surface area (Å²) in [6, 6.07) is 1.99. The van der Waals surface area contributed by atoms with Crippen molar-refractivity contribution in [3.8, 4) is 0 Å². The molecule has 0 aliphatic heterocycles. The number of rotatable bonds is 3. The van der Waals surface area contributed by atoms with Crippen LogP contribution in [0.15, 0.2) is 17.8 Å². The summed E-state index contributed by atoms with van der Waals surface area (Å²) in [5.74, 6) is 1.71. The molecule has 13 heavy (non-hydrogen) atoms. The molecule has 0 unspecified atom stereocenters. The van der Waals surface area contributed by atoms with E-state index < -0.39 is 0 Å². The first-order valence-electron chi connectivity index (χ1n) is 3.95. The van der Waals surface area contributed by atoms with Crippen LogP contribution in [0.1, 0.15) is 0 Å². The first-order valence-corrected chi connectivity index (χ1v) is 5.46. The second-order valence-electron chi connectivity index (χ2n) is 2.51. The third-order valence-corrected chi connectivity index (χ3v) is 2.78. The number of thiophene rings is 1. The van der Waals surface area contributed by atoms with Crippen LogP contribution in [-0.2, 0) is 0 Å². The molecule has 0 aromatic carbocycles. The molecule has 2 rings (SSSR count). The Kier molecular flexibility index (Phi) is 2.65. The molecule has 0 spiro atoms. The standard InChI is InChI=1S/C8H9N3S2/c12-3-2-9-8-7-6(1-4-13-7)10-5-11-8/h1,4-5,12H,2-3H2,(H,9,10,11). The number of nitrogens with one attached hydrogen (secondary N) is 1. The van der Waals surface area contributed by atoms with E-state index in [9.17, 15) is 0 Å². The second-order valence-corrected chi connectivity index (χ2v) is 3.87. The molecule has 2 heterocycles. The van der Waals surface area contributed by atoms with Gasteiger partial charge in [-0.15, -0.1) is 11.3 Å². The van der Waals surface area contributed by atoms with Gasteiger partial charge in [-0.05, 0) is 11.4 Å². The Hall–Kier alpha value is -0.810. The number of fused-ring (bicyclic) bond motifs is 1. The van der Waals surface area contributed by atoms with Crippen LogP contribution >= 0.6 is 24.0 Å². The lowest BCUT2D eigenvalue weighted by molar-refractivity contribution is 1.16. The van der Waals surface area contributed by atoms with E-state index in [4.69, 9.17) is 0 Å². The van der Waals surface area contributed by atoms with Crippen LogP contribution in [0.25, 0.3) is 10.2 Å². The predicted octanol–water partition coefficient (Wildman–Crippen LogP) is 2.03. The summed E-state index contributed by atoms with van der Waals surface area (Å²) in [6.07, 6.45) is 1.58. The molecule has 68 valence electrons. The molecule has 0 bridgehead atoms. The summed E-state index contributed by atoms with van der Waals surface area (Å²) < 4.78 is 1.12. The van der Waals surface area contributed by atoms with E-state index in [2.05, 4.69) is 27.9 Å². The molecule has 3 nitrogen and oxygen atoms in total. The lowest BCUT2D eigenvalue weighted by atomic mass is 10.4. The van der Waals surface area contributed by atoms with Gasteiger partial charge >= 0.3 is 0 Å². The van der Waals surface area contributed by atoms with Gasteiger partial charge in [0.2, 0.25) is 0 Å². The maximum absolute atomic E-state index is 4.17. The highest BCUT2D eigenvalue weighted by Gasteiger charge is 2.02. The number of hydrogen-bond donors (Lipinski definition) is 2. The lowest BCUT2D eigenvalue weighted by Crippen LogP contribution is -2.04. The molecular formula is C8H9N3S2. The summed E-state index contributed by atoms with van der Waals surface area (Å²) in [4.78, 5) is 8.32. The van der Waals surface area contributed by atoms with Gasteiger partial charge in [0.05, 0.1) is 10.2 Å². The monoisotopic (exact) mass is 211 g/mol. The van der Waals surface area contributed by atoms with Crippen molar-refractivity contribution >= 4 is 40.0 Å². The highest BCUT2D eigenvalue weighted by atomic mass is 32.1. The molecular weight excluding hydrogens is 202 g/mol. The summed E-state index contributed by atoms with van der Waals surface area (Å²) in [7, 11) is 0. The van der Waals surface area contributed by atoms with Gasteiger partial charge < -0.3 is 5.32 Å². The number of aromatic nitrogens is 2. The quantitative estimate of drug-likeness (QED) is 0.763. The van der Waals surface area contributed by atoms with E-state index in [1.165, 1.54) is 0 Å². The molecule has 1 N–H and O–H groups in total. The zero-order chi connectivity index (χ0) is 9.10. The maximum Gasteiger partial charge on any atom is 0.147 e. The van der Waals surface area contributed by atoms with E-state index >= 15 is 0 Å². The van der Waals surface area contributed by atoms with Gasteiger partial charge in [0.15, 0.2) is 0 Å². The molecule has 0 aliphatic rings. The van der Waals surface area contributed by atoms with Gasteiger partial charge in [0.1, 0.15) is 12.1 Å². The van der Waals surface area contributed by atoms with Crippen LogP contribution in [-0.4, -0.2) is 22.3 Å². The Morgan fingerprint density at radius 2 is 2.38 bits per heavy atom. The van der Waals surface area contributed by atoms with E-state index in [-0.39, 0.29) is 0 Å². The molecule has 0 atom stereocenters. The van der Waals surface area contributed by atoms with Crippen molar-refractivity contribution in [2.75, 3.05) is 17.6 Å². The fourth-order valence-electron chi connectivity index (χ4n) is 1.09. The first kappa shape index (κ1) is 8.77. The second kappa shape index (κ2) is 3.93. The van der Waals surface area contributed by atoms with Crippen LogP contribution in [0, 0.1) is 0 Å². The third kappa shape index (κ3) is 1.76. The van der Waals surface area contributed by atoms with Crippen LogP contribution < -0.4 is 5.32 Å². The molecule has 5 heteroatoms. The van der Waals surface area contributed by atoms with Crippen LogP contribution in [0.5, 0.6) is 0 Å². The van der Waals surface area contributed by atoms with Crippen LogP contribution in [0.4, 0.5) is 5.82 Å². The van der Waals surface area contributed by atoms with E-state index in [0.29, 0.717) is 0 Å². The molecule has 0 fully saturated rings. The number of anilines is 1. The van der Waals surface area contributed by atoms with Gasteiger partial charge in [-0.3, -0.25) is 0 Å². The van der Waals surface area contributed by atoms with Crippen molar-refractivity contribution in [1.29, 1.82) is 0 Å². The fraction of sp³-hybridized carbons (Fsp3) is 0.250.